The average molecular weight is 198 g/mol. The van der Waals surface area contributed by atoms with E-state index >= 15 is 0 Å². The lowest BCUT2D eigenvalue weighted by atomic mass is 10.2. The molecule has 0 saturated carbocycles. The fourth-order valence-corrected chi connectivity index (χ4v) is 0.967. The normalized spacial score (nSPS) is 8.93. The van der Waals surface area contributed by atoms with Gasteiger partial charge in [-0.2, -0.15) is 0 Å². The Morgan fingerprint density at radius 2 is 1.93 bits per heavy atom. The largest absolute Gasteiger partial charge is 0.462 e. The molecule has 2 nitrogen and oxygen atoms in total. The van der Waals surface area contributed by atoms with Crippen LogP contribution in [-0.4, -0.2) is 12.6 Å². The van der Waals surface area contributed by atoms with Gasteiger partial charge in [0.2, 0.25) is 0 Å². The summed E-state index contributed by atoms with van der Waals surface area (Å²) in [6.07, 6.45) is 1.97. The lowest BCUT2D eigenvalue weighted by molar-refractivity contribution is 0.0500. The molecule has 0 aromatic heterocycles. The first-order valence-corrected chi connectivity index (χ1v) is 4.56. The van der Waals surface area contributed by atoms with Crippen LogP contribution in [0.2, 0.25) is 0 Å². The van der Waals surface area contributed by atoms with Gasteiger partial charge in [-0.05, 0) is 18.6 Å². The predicted molar refractivity (Wildman–Crippen MR) is 54.1 cm³/mol. The van der Waals surface area contributed by atoms with Crippen molar-refractivity contribution >= 4 is 5.97 Å². The second-order valence-corrected chi connectivity index (χ2v) is 2.86. The van der Waals surface area contributed by atoms with Crippen molar-refractivity contribution in [2.24, 2.45) is 0 Å². The Kier molecular flexibility index (Phi) is 6.37. The summed E-state index contributed by atoms with van der Waals surface area (Å²) in [7, 11) is 0. The van der Waals surface area contributed by atoms with Crippen LogP contribution < -0.4 is 0 Å². The maximum atomic E-state index is 11.3. The van der Waals surface area contributed by atoms with E-state index in [-0.39, 0.29) is 10.7 Å². The second kappa shape index (κ2) is 7.06. The first kappa shape index (κ1) is 12.6. The van der Waals surface area contributed by atoms with Gasteiger partial charge in [0.1, 0.15) is 0 Å². The number of esters is 1. The number of hydrogen-bond donors (Lipinski definition) is 0. The van der Waals surface area contributed by atoms with Crippen LogP contribution in [0.3, 0.4) is 0 Å². The standard InChI is InChI=1S/C11H14O2.FH/c1-2-3-9-13-11(12)10-7-5-4-6-8-10;/h4-8H,2-3,9H2,1H3;1H. The van der Waals surface area contributed by atoms with Gasteiger partial charge in [0, 0.05) is 0 Å². The summed E-state index contributed by atoms with van der Waals surface area (Å²) in [4.78, 5) is 11.3. The zero-order chi connectivity index (χ0) is 9.52. The van der Waals surface area contributed by atoms with Crippen LogP contribution in [-0.2, 0) is 4.74 Å². The summed E-state index contributed by atoms with van der Waals surface area (Å²) in [6.45, 7) is 2.58. The number of hydrogen-bond acceptors (Lipinski definition) is 2. The van der Waals surface area contributed by atoms with Crippen molar-refractivity contribution in [1.29, 1.82) is 0 Å². The van der Waals surface area contributed by atoms with E-state index in [0.29, 0.717) is 12.2 Å². The Morgan fingerprint density at radius 3 is 2.50 bits per heavy atom. The molecule has 0 aliphatic heterocycles. The van der Waals surface area contributed by atoms with E-state index in [9.17, 15) is 4.79 Å². The number of carbonyl (C=O) groups is 1. The molecule has 1 aromatic carbocycles. The van der Waals surface area contributed by atoms with Crippen molar-refractivity contribution in [2.45, 2.75) is 19.8 Å². The molecule has 0 heterocycles. The van der Waals surface area contributed by atoms with Crippen molar-refractivity contribution in [3.8, 4) is 0 Å². The zero-order valence-corrected chi connectivity index (χ0v) is 8.23. The highest BCUT2D eigenvalue weighted by atomic mass is 19.0. The van der Waals surface area contributed by atoms with Crippen LogP contribution in [0.1, 0.15) is 30.1 Å². The first-order valence-electron chi connectivity index (χ1n) is 4.56. The molecule has 0 bridgehead atoms. The lowest BCUT2D eigenvalue weighted by Gasteiger charge is -2.02. The van der Waals surface area contributed by atoms with Crippen molar-refractivity contribution in [3.63, 3.8) is 0 Å². The number of carbonyl (C=O) groups excluding carboxylic acids is 1. The van der Waals surface area contributed by atoms with Gasteiger partial charge in [0.05, 0.1) is 12.2 Å². The zero-order valence-electron chi connectivity index (χ0n) is 8.23. The van der Waals surface area contributed by atoms with Crippen LogP contribution in [0.25, 0.3) is 0 Å². The van der Waals surface area contributed by atoms with E-state index in [2.05, 4.69) is 6.92 Å². The molecule has 0 aliphatic rings. The number of ether oxygens (including phenoxy) is 1. The molecule has 0 radical (unpaired) electrons. The Labute approximate surface area is 83.3 Å². The highest BCUT2D eigenvalue weighted by molar-refractivity contribution is 5.89. The molecule has 1 rings (SSSR count). The minimum atomic E-state index is -0.228. The van der Waals surface area contributed by atoms with Crippen molar-refractivity contribution < 1.29 is 14.2 Å². The van der Waals surface area contributed by atoms with Crippen molar-refractivity contribution in [3.05, 3.63) is 35.9 Å². The van der Waals surface area contributed by atoms with Gasteiger partial charge in [0.15, 0.2) is 0 Å². The molecule has 3 heteroatoms. The Balaban J connectivity index is 0.00000169. The minimum absolute atomic E-state index is 0. The molecular weight excluding hydrogens is 183 g/mol. The van der Waals surface area contributed by atoms with Gasteiger partial charge >= 0.3 is 5.97 Å². The summed E-state index contributed by atoms with van der Waals surface area (Å²) in [5, 5.41) is 0. The van der Waals surface area contributed by atoms with Gasteiger partial charge in [-0.15, -0.1) is 0 Å². The van der Waals surface area contributed by atoms with Gasteiger partial charge in [0.25, 0.3) is 0 Å². The summed E-state index contributed by atoms with van der Waals surface area (Å²) in [5.41, 5.74) is 0.624. The van der Waals surface area contributed by atoms with Crippen molar-refractivity contribution in [1.82, 2.24) is 0 Å². The molecule has 0 fully saturated rings. The Hall–Kier alpha value is -1.38. The van der Waals surface area contributed by atoms with Crippen LogP contribution in [0.5, 0.6) is 0 Å². The molecule has 0 saturated heterocycles. The third kappa shape index (κ3) is 4.03. The second-order valence-electron chi connectivity index (χ2n) is 2.86. The van der Waals surface area contributed by atoms with E-state index in [1.165, 1.54) is 0 Å². The Bertz CT molecular complexity index is 259. The molecule has 14 heavy (non-hydrogen) atoms. The Morgan fingerprint density at radius 1 is 1.29 bits per heavy atom. The fraction of sp³-hybridized carbons (Fsp3) is 0.364. The molecular formula is C11H15FO2. The molecule has 0 atom stereocenters. The molecule has 0 N–H and O–H groups in total. The van der Waals surface area contributed by atoms with Gasteiger partial charge in [-0.3, -0.25) is 4.70 Å². The molecule has 0 spiro atoms. The predicted octanol–water partition coefficient (Wildman–Crippen LogP) is 2.80. The third-order valence-corrected chi connectivity index (χ3v) is 1.74. The van der Waals surface area contributed by atoms with E-state index in [4.69, 9.17) is 4.74 Å². The van der Waals surface area contributed by atoms with E-state index in [1.54, 1.807) is 12.1 Å². The number of halogens is 1. The van der Waals surface area contributed by atoms with Crippen LogP contribution in [0.15, 0.2) is 30.3 Å². The number of rotatable bonds is 4. The molecule has 0 unspecified atom stereocenters. The quantitative estimate of drug-likeness (QED) is 0.549. The third-order valence-electron chi connectivity index (χ3n) is 1.74. The molecule has 0 aliphatic carbocycles. The lowest BCUT2D eigenvalue weighted by Crippen LogP contribution is -2.05. The molecule has 1 aromatic rings. The summed E-state index contributed by atoms with van der Waals surface area (Å²) in [6, 6.07) is 9.05. The summed E-state index contributed by atoms with van der Waals surface area (Å²) < 4.78 is 5.03. The first-order chi connectivity index (χ1) is 6.34. The van der Waals surface area contributed by atoms with Gasteiger partial charge in [-0.25, -0.2) is 4.79 Å². The van der Waals surface area contributed by atoms with Crippen LogP contribution in [0, 0.1) is 0 Å². The summed E-state index contributed by atoms with van der Waals surface area (Å²) in [5.74, 6) is -0.228. The van der Waals surface area contributed by atoms with Crippen molar-refractivity contribution in [2.75, 3.05) is 6.61 Å². The van der Waals surface area contributed by atoms with E-state index in [1.807, 2.05) is 18.2 Å². The highest BCUT2D eigenvalue weighted by Crippen LogP contribution is 2.01. The topological polar surface area (TPSA) is 26.3 Å². The van der Waals surface area contributed by atoms with Gasteiger partial charge < -0.3 is 4.74 Å². The van der Waals surface area contributed by atoms with Crippen LogP contribution >= 0.6 is 0 Å². The molecule has 78 valence electrons. The number of benzene rings is 1. The smallest absolute Gasteiger partial charge is 0.338 e. The maximum absolute atomic E-state index is 11.3. The fourth-order valence-electron chi connectivity index (χ4n) is 0.967. The van der Waals surface area contributed by atoms with E-state index in [0.717, 1.165) is 12.8 Å². The molecule has 0 amide bonds. The van der Waals surface area contributed by atoms with E-state index < -0.39 is 0 Å². The average Bonchev–Trinajstić information content (AvgIpc) is 2.19. The van der Waals surface area contributed by atoms with Crippen LogP contribution in [0.4, 0.5) is 4.70 Å². The maximum Gasteiger partial charge on any atom is 0.338 e. The SMILES string of the molecule is CCCCOC(=O)c1ccccc1.F. The highest BCUT2D eigenvalue weighted by Gasteiger charge is 2.03. The summed E-state index contributed by atoms with van der Waals surface area (Å²) >= 11 is 0. The van der Waals surface area contributed by atoms with Gasteiger partial charge in [-0.1, -0.05) is 31.5 Å². The minimum Gasteiger partial charge on any atom is -0.462 e. The monoisotopic (exact) mass is 198 g/mol. The number of unbranched alkanes of at least 4 members (excludes halogenated alkanes) is 1.